The Bertz CT molecular complexity index is 507. The van der Waals surface area contributed by atoms with E-state index in [9.17, 15) is 9.59 Å². The third-order valence-corrected chi connectivity index (χ3v) is 4.29. The molecular formula is C17H23NO4. The molecule has 5 heteroatoms. The van der Waals surface area contributed by atoms with Crippen molar-refractivity contribution in [2.75, 3.05) is 0 Å². The van der Waals surface area contributed by atoms with Gasteiger partial charge in [0.05, 0.1) is 0 Å². The molecule has 2 N–H and O–H groups in total. The molecular weight excluding hydrogens is 282 g/mol. The maximum absolute atomic E-state index is 11.9. The molecule has 0 radical (unpaired) electrons. The Labute approximate surface area is 130 Å². The van der Waals surface area contributed by atoms with Crippen molar-refractivity contribution in [3.63, 3.8) is 0 Å². The first-order valence-corrected chi connectivity index (χ1v) is 7.67. The molecule has 1 saturated carbocycles. The molecule has 1 aliphatic rings. The first-order chi connectivity index (χ1) is 10.5. The molecule has 0 heterocycles. The highest BCUT2D eigenvalue weighted by Gasteiger charge is 2.33. The van der Waals surface area contributed by atoms with Crippen molar-refractivity contribution in [3.8, 4) is 0 Å². The monoisotopic (exact) mass is 305 g/mol. The van der Waals surface area contributed by atoms with Crippen LogP contribution in [0.15, 0.2) is 30.3 Å². The summed E-state index contributed by atoms with van der Waals surface area (Å²) in [4.78, 5) is 22.7. The molecule has 0 bridgehead atoms. The van der Waals surface area contributed by atoms with E-state index in [1.54, 1.807) is 0 Å². The molecule has 2 rings (SSSR count). The third-order valence-electron chi connectivity index (χ3n) is 4.29. The molecule has 0 saturated heterocycles. The second-order valence-corrected chi connectivity index (χ2v) is 6.29. The molecule has 0 unspecified atom stereocenters. The first-order valence-electron chi connectivity index (χ1n) is 7.67. The van der Waals surface area contributed by atoms with E-state index in [1.807, 2.05) is 37.3 Å². The quantitative estimate of drug-likeness (QED) is 0.875. The van der Waals surface area contributed by atoms with Crippen molar-refractivity contribution in [2.24, 2.45) is 5.92 Å². The number of ether oxygens (including phenoxy) is 1. The summed E-state index contributed by atoms with van der Waals surface area (Å²) in [7, 11) is 0. The van der Waals surface area contributed by atoms with Gasteiger partial charge in [0.1, 0.15) is 6.61 Å². The maximum Gasteiger partial charge on any atom is 0.407 e. The lowest BCUT2D eigenvalue weighted by molar-refractivity contribution is -0.138. The third kappa shape index (κ3) is 5.06. The summed E-state index contributed by atoms with van der Waals surface area (Å²) in [6, 6.07) is 9.54. The first kappa shape index (κ1) is 16.3. The summed E-state index contributed by atoms with van der Waals surface area (Å²) in [5, 5.41) is 11.8. The van der Waals surface area contributed by atoms with Crippen LogP contribution in [-0.2, 0) is 16.1 Å². The van der Waals surface area contributed by atoms with Gasteiger partial charge in [-0.15, -0.1) is 0 Å². The summed E-state index contributed by atoms with van der Waals surface area (Å²) in [6.45, 7) is 2.25. The number of nitrogens with one attached hydrogen (secondary N) is 1. The largest absolute Gasteiger partial charge is 0.481 e. The van der Waals surface area contributed by atoms with Crippen LogP contribution in [0.4, 0.5) is 4.79 Å². The van der Waals surface area contributed by atoms with Gasteiger partial charge in [0.15, 0.2) is 0 Å². The Morgan fingerprint density at radius 3 is 2.50 bits per heavy atom. The van der Waals surface area contributed by atoms with Gasteiger partial charge in [-0.2, -0.15) is 0 Å². The Morgan fingerprint density at radius 1 is 1.27 bits per heavy atom. The van der Waals surface area contributed by atoms with Gasteiger partial charge < -0.3 is 15.2 Å². The maximum atomic E-state index is 11.9. The number of amides is 1. The minimum Gasteiger partial charge on any atom is -0.481 e. The summed E-state index contributed by atoms with van der Waals surface area (Å²) < 4.78 is 5.24. The average Bonchev–Trinajstić information content (AvgIpc) is 2.48. The fraction of sp³-hybridized carbons (Fsp3) is 0.529. The lowest BCUT2D eigenvalue weighted by Gasteiger charge is -2.37. The Hall–Kier alpha value is -2.04. The van der Waals surface area contributed by atoms with Gasteiger partial charge in [0.2, 0.25) is 0 Å². The smallest absolute Gasteiger partial charge is 0.407 e. The fourth-order valence-electron chi connectivity index (χ4n) is 2.90. The molecule has 22 heavy (non-hydrogen) atoms. The topological polar surface area (TPSA) is 75.6 Å². The standard InChI is InChI=1S/C17H23NO4/c1-17(9-7-13(8-10-17)11-15(19)20)18-16(21)22-12-14-5-3-2-4-6-14/h2-6,13H,7-12H2,1H3,(H,18,21)(H,19,20). The summed E-state index contributed by atoms with van der Waals surface area (Å²) in [6.07, 6.45) is 3.01. The van der Waals surface area contributed by atoms with Gasteiger partial charge in [-0.3, -0.25) is 4.79 Å². The zero-order valence-corrected chi connectivity index (χ0v) is 12.9. The highest BCUT2D eigenvalue weighted by atomic mass is 16.5. The minimum absolute atomic E-state index is 0.215. The van der Waals surface area contributed by atoms with Crippen LogP contribution < -0.4 is 5.32 Å². The molecule has 0 atom stereocenters. The highest BCUT2D eigenvalue weighted by molar-refractivity contribution is 5.68. The zero-order chi connectivity index (χ0) is 16.0. The van der Waals surface area contributed by atoms with Crippen molar-refractivity contribution >= 4 is 12.1 Å². The van der Waals surface area contributed by atoms with Crippen molar-refractivity contribution in [3.05, 3.63) is 35.9 Å². The van der Waals surface area contributed by atoms with Crippen LogP contribution in [0.2, 0.25) is 0 Å². The minimum atomic E-state index is -0.746. The van der Waals surface area contributed by atoms with Crippen LogP contribution in [0.5, 0.6) is 0 Å². The highest BCUT2D eigenvalue weighted by Crippen LogP contribution is 2.33. The second-order valence-electron chi connectivity index (χ2n) is 6.29. The fourth-order valence-corrected chi connectivity index (χ4v) is 2.90. The number of aliphatic carboxylic acids is 1. The number of hydrogen-bond acceptors (Lipinski definition) is 3. The van der Waals surface area contributed by atoms with Crippen LogP contribution >= 0.6 is 0 Å². The van der Waals surface area contributed by atoms with E-state index in [0.29, 0.717) is 0 Å². The molecule has 1 amide bonds. The van der Waals surface area contributed by atoms with Crippen molar-refractivity contribution in [1.82, 2.24) is 5.32 Å². The van der Waals surface area contributed by atoms with E-state index in [-0.39, 0.29) is 24.5 Å². The number of carbonyl (C=O) groups is 2. The van der Waals surface area contributed by atoms with E-state index in [1.165, 1.54) is 0 Å². The summed E-state index contributed by atoms with van der Waals surface area (Å²) >= 11 is 0. The normalized spacial score (nSPS) is 24.5. The van der Waals surface area contributed by atoms with Crippen LogP contribution in [0, 0.1) is 5.92 Å². The zero-order valence-electron chi connectivity index (χ0n) is 12.9. The molecule has 1 aliphatic carbocycles. The van der Waals surface area contributed by atoms with Gasteiger partial charge in [-0.1, -0.05) is 30.3 Å². The van der Waals surface area contributed by atoms with Gasteiger partial charge in [-0.05, 0) is 44.1 Å². The molecule has 1 aromatic rings. The van der Waals surface area contributed by atoms with E-state index in [4.69, 9.17) is 9.84 Å². The Morgan fingerprint density at radius 2 is 1.91 bits per heavy atom. The predicted octanol–water partition coefficient (Wildman–Crippen LogP) is 3.34. The van der Waals surface area contributed by atoms with Crippen molar-refractivity contribution in [2.45, 2.75) is 51.2 Å². The van der Waals surface area contributed by atoms with Crippen molar-refractivity contribution < 1.29 is 19.4 Å². The van der Waals surface area contributed by atoms with Crippen LogP contribution in [-0.4, -0.2) is 22.7 Å². The number of carboxylic acid groups (broad SMARTS) is 1. The number of rotatable bonds is 5. The SMILES string of the molecule is CC1(NC(=O)OCc2ccccc2)CCC(CC(=O)O)CC1. The molecule has 120 valence electrons. The molecule has 0 aliphatic heterocycles. The van der Waals surface area contributed by atoms with E-state index in [0.717, 1.165) is 31.2 Å². The molecule has 1 fully saturated rings. The lowest BCUT2D eigenvalue weighted by atomic mass is 9.76. The van der Waals surface area contributed by atoms with Gasteiger partial charge in [-0.25, -0.2) is 4.79 Å². The van der Waals surface area contributed by atoms with E-state index >= 15 is 0 Å². The van der Waals surface area contributed by atoms with Crippen LogP contribution in [0.3, 0.4) is 0 Å². The number of hydrogen-bond donors (Lipinski definition) is 2. The second kappa shape index (κ2) is 7.29. The number of alkyl carbamates (subject to hydrolysis) is 1. The number of carboxylic acids is 1. The van der Waals surface area contributed by atoms with Crippen LogP contribution in [0.1, 0.15) is 44.6 Å². The van der Waals surface area contributed by atoms with E-state index < -0.39 is 12.1 Å². The van der Waals surface area contributed by atoms with Gasteiger partial charge in [0, 0.05) is 12.0 Å². The molecule has 5 nitrogen and oxygen atoms in total. The Kier molecular flexibility index (Phi) is 5.41. The van der Waals surface area contributed by atoms with Crippen molar-refractivity contribution in [1.29, 1.82) is 0 Å². The molecule has 0 aromatic heterocycles. The lowest BCUT2D eigenvalue weighted by Crippen LogP contribution is -2.48. The molecule has 1 aromatic carbocycles. The number of carbonyl (C=O) groups excluding carboxylic acids is 1. The molecule has 0 spiro atoms. The average molecular weight is 305 g/mol. The number of benzene rings is 1. The Balaban J connectivity index is 1.75. The summed E-state index contributed by atoms with van der Waals surface area (Å²) in [5.74, 6) is -0.531. The van der Waals surface area contributed by atoms with Gasteiger partial charge in [0.25, 0.3) is 0 Å². The van der Waals surface area contributed by atoms with E-state index in [2.05, 4.69) is 5.32 Å². The van der Waals surface area contributed by atoms with Gasteiger partial charge >= 0.3 is 12.1 Å². The summed E-state index contributed by atoms with van der Waals surface area (Å²) in [5.41, 5.74) is 0.649. The predicted molar refractivity (Wildman–Crippen MR) is 82.4 cm³/mol. The van der Waals surface area contributed by atoms with Crippen LogP contribution in [0.25, 0.3) is 0 Å².